The van der Waals surface area contributed by atoms with E-state index in [2.05, 4.69) is 6.58 Å². The number of hydroxylamine groups is 1. The van der Waals surface area contributed by atoms with Gasteiger partial charge < -0.3 is 4.90 Å². The lowest BCUT2D eigenvalue weighted by Gasteiger charge is -2.17. The molecule has 28 heavy (non-hydrogen) atoms. The third-order valence-electron chi connectivity index (χ3n) is 4.62. The number of carbonyl (C=O) groups excluding carboxylic acids is 2. The lowest BCUT2D eigenvalue weighted by atomic mass is 9.96. The van der Waals surface area contributed by atoms with Crippen LogP contribution in [-0.2, 0) is 11.3 Å². The Hall–Kier alpha value is -3.44. The van der Waals surface area contributed by atoms with Crippen molar-refractivity contribution in [2.24, 2.45) is 0 Å². The van der Waals surface area contributed by atoms with Crippen molar-refractivity contribution < 1.29 is 14.8 Å². The Bertz CT molecular complexity index is 975. The summed E-state index contributed by atoms with van der Waals surface area (Å²) in [5, 5.41) is 9.05. The van der Waals surface area contributed by atoms with E-state index in [0.29, 0.717) is 29.8 Å². The maximum atomic E-state index is 12.7. The fourth-order valence-corrected chi connectivity index (χ4v) is 3.24. The fraction of sp³-hybridized carbons (Fsp3) is 0.130. The highest BCUT2D eigenvalue weighted by atomic mass is 16.5. The third kappa shape index (κ3) is 3.94. The third-order valence-corrected chi connectivity index (χ3v) is 4.62. The van der Waals surface area contributed by atoms with Gasteiger partial charge >= 0.3 is 0 Å². The predicted molar refractivity (Wildman–Crippen MR) is 109 cm³/mol. The van der Waals surface area contributed by atoms with Crippen molar-refractivity contribution in [3.8, 4) is 11.1 Å². The molecule has 2 N–H and O–H groups in total. The Balaban J connectivity index is 1.93. The fourth-order valence-electron chi connectivity index (χ4n) is 3.24. The lowest BCUT2D eigenvalue weighted by Crippen LogP contribution is -2.25. The van der Waals surface area contributed by atoms with Gasteiger partial charge in [-0.2, -0.15) is 0 Å². The minimum absolute atomic E-state index is 0.0541. The van der Waals surface area contributed by atoms with Crippen molar-refractivity contribution in [1.82, 2.24) is 10.4 Å². The van der Waals surface area contributed by atoms with Crippen LogP contribution in [0, 0.1) is 0 Å². The molecule has 1 fully saturated rings. The van der Waals surface area contributed by atoms with Crippen molar-refractivity contribution >= 4 is 11.8 Å². The second-order valence-electron chi connectivity index (χ2n) is 6.56. The molecule has 1 aliphatic heterocycles. The zero-order valence-electron chi connectivity index (χ0n) is 15.7. The van der Waals surface area contributed by atoms with E-state index in [1.807, 2.05) is 55.5 Å². The molecule has 5 heteroatoms. The van der Waals surface area contributed by atoms with Crippen LogP contribution in [0.25, 0.3) is 11.1 Å². The van der Waals surface area contributed by atoms with E-state index in [9.17, 15) is 9.59 Å². The minimum Gasteiger partial charge on any atom is -0.330 e. The van der Waals surface area contributed by atoms with Gasteiger partial charge in [0.2, 0.25) is 0 Å². The molecule has 0 aliphatic carbocycles. The quantitative estimate of drug-likeness (QED) is 0.474. The maximum Gasteiger partial charge on any atom is 0.275 e. The highest BCUT2D eigenvalue weighted by molar-refractivity contribution is 6.02. The van der Waals surface area contributed by atoms with Crippen LogP contribution in [0.15, 0.2) is 84.5 Å². The molecule has 1 heterocycles. The monoisotopic (exact) mass is 374 g/mol. The molecule has 0 atom stereocenters. The summed E-state index contributed by atoms with van der Waals surface area (Å²) in [5.74, 6) is -0.630. The Morgan fingerprint density at radius 2 is 2.00 bits per heavy atom. The van der Waals surface area contributed by atoms with Crippen LogP contribution in [-0.4, -0.2) is 28.5 Å². The summed E-state index contributed by atoms with van der Waals surface area (Å²) in [6.45, 7) is 6.78. The predicted octanol–water partition coefficient (Wildman–Crippen LogP) is 3.87. The number of amides is 2. The first-order valence-corrected chi connectivity index (χ1v) is 8.98. The Kier molecular flexibility index (Phi) is 5.87. The summed E-state index contributed by atoms with van der Waals surface area (Å²) >= 11 is 0. The zero-order chi connectivity index (χ0) is 20.1. The number of likely N-dealkylation sites (tertiary alicyclic amines) is 1. The van der Waals surface area contributed by atoms with Crippen molar-refractivity contribution in [2.45, 2.75) is 13.5 Å². The standard InChI is InChI=1S/C23H22N2O3/c1-3-4-10-19-16(2)14-25(23(19)27)15-17-11-12-20(22(26)24-28)21(13-17)18-8-6-5-7-9-18/h3-13,28H,2,14-15H2,1H3,(H,24,26)/b4-3-,19-10+. The van der Waals surface area contributed by atoms with Gasteiger partial charge in [0.25, 0.3) is 11.8 Å². The number of rotatable bonds is 5. The molecule has 2 aromatic carbocycles. The van der Waals surface area contributed by atoms with Crippen LogP contribution in [0.4, 0.5) is 0 Å². The van der Waals surface area contributed by atoms with E-state index >= 15 is 0 Å². The first-order valence-electron chi connectivity index (χ1n) is 8.98. The molecule has 0 radical (unpaired) electrons. The highest BCUT2D eigenvalue weighted by Gasteiger charge is 2.28. The normalized spacial score (nSPS) is 15.6. The second kappa shape index (κ2) is 8.50. The van der Waals surface area contributed by atoms with Crippen molar-refractivity contribution in [2.75, 3.05) is 6.54 Å². The van der Waals surface area contributed by atoms with E-state index in [1.165, 1.54) is 0 Å². The van der Waals surface area contributed by atoms with Gasteiger partial charge in [0.15, 0.2) is 0 Å². The Morgan fingerprint density at radius 1 is 1.25 bits per heavy atom. The summed E-state index contributed by atoms with van der Waals surface area (Å²) in [4.78, 5) is 26.4. The van der Waals surface area contributed by atoms with E-state index in [4.69, 9.17) is 5.21 Å². The number of nitrogens with one attached hydrogen (secondary N) is 1. The van der Waals surface area contributed by atoms with Gasteiger partial charge in [0, 0.05) is 24.2 Å². The molecule has 0 aromatic heterocycles. The summed E-state index contributed by atoms with van der Waals surface area (Å²) < 4.78 is 0. The smallest absolute Gasteiger partial charge is 0.275 e. The molecule has 5 nitrogen and oxygen atoms in total. The first kappa shape index (κ1) is 19.3. The van der Waals surface area contributed by atoms with Crippen molar-refractivity contribution in [1.29, 1.82) is 0 Å². The van der Waals surface area contributed by atoms with Gasteiger partial charge in [-0.1, -0.05) is 55.1 Å². The van der Waals surface area contributed by atoms with Gasteiger partial charge in [0.1, 0.15) is 0 Å². The summed E-state index contributed by atoms with van der Waals surface area (Å²) in [7, 11) is 0. The van der Waals surface area contributed by atoms with Crippen LogP contribution in [0.5, 0.6) is 0 Å². The van der Waals surface area contributed by atoms with Gasteiger partial charge in [-0.15, -0.1) is 0 Å². The first-order chi connectivity index (χ1) is 13.5. The molecule has 1 aliphatic rings. The van der Waals surface area contributed by atoms with Crippen LogP contribution in [0.1, 0.15) is 22.8 Å². The average Bonchev–Trinajstić information content (AvgIpc) is 2.99. The van der Waals surface area contributed by atoms with E-state index < -0.39 is 5.91 Å². The Morgan fingerprint density at radius 3 is 2.68 bits per heavy atom. The van der Waals surface area contributed by atoms with Crippen LogP contribution >= 0.6 is 0 Å². The largest absolute Gasteiger partial charge is 0.330 e. The number of carbonyl (C=O) groups is 2. The molecule has 0 bridgehead atoms. The van der Waals surface area contributed by atoms with Crippen molar-refractivity contribution in [3.63, 3.8) is 0 Å². The van der Waals surface area contributed by atoms with Gasteiger partial charge in [-0.3, -0.25) is 14.8 Å². The molecule has 0 unspecified atom stereocenters. The summed E-state index contributed by atoms with van der Waals surface area (Å²) in [5.41, 5.74) is 5.91. The van der Waals surface area contributed by atoms with Crippen LogP contribution in [0.2, 0.25) is 0 Å². The number of hydrogen-bond donors (Lipinski definition) is 2. The highest BCUT2D eigenvalue weighted by Crippen LogP contribution is 2.28. The number of hydrogen-bond acceptors (Lipinski definition) is 3. The summed E-state index contributed by atoms with van der Waals surface area (Å²) in [6.07, 6.45) is 5.49. The van der Waals surface area contributed by atoms with Crippen LogP contribution < -0.4 is 5.48 Å². The van der Waals surface area contributed by atoms with Crippen molar-refractivity contribution in [3.05, 3.63) is 95.6 Å². The molecule has 0 spiro atoms. The second-order valence-corrected chi connectivity index (χ2v) is 6.56. The molecule has 1 saturated heterocycles. The molecule has 2 amide bonds. The average molecular weight is 374 g/mol. The molecule has 142 valence electrons. The molecular formula is C23H22N2O3. The number of allylic oxidation sites excluding steroid dienone is 3. The van der Waals surface area contributed by atoms with E-state index in [0.717, 1.165) is 16.7 Å². The molecule has 3 rings (SSSR count). The molecule has 2 aromatic rings. The number of nitrogens with zero attached hydrogens (tertiary/aromatic N) is 1. The maximum absolute atomic E-state index is 12.7. The van der Waals surface area contributed by atoms with E-state index in [-0.39, 0.29) is 5.91 Å². The SMILES string of the molecule is C=C1CN(Cc2ccc(C(=O)NO)c(-c3ccccc3)c2)C(=O)/C1=C/C=C\C. The van der Waals surface area contributed by atoms with Crippen LogP contribution in [0.3, 0.4) is 0 Å². The van der Waals surface area contributed by atoms with Gasteiger partial charge in [-0.25, -0.2) is 5.48 Å². The lowest BCUT2D eigenvalue weighted by molar-refractivity contribution is -0.125. The topological polar surface area (TPSA) is 69.6 Å². The van der Waals surface area contributed by atoms with E-state index in [1.54, 1.807) is 28.6 Å². The Labute approximate surface area is 164 Å². The van der Waals surface area contributed by atoms with Gasteiger partial charge in [-0.05, 0) is 47.4 Å². The number of benzene rings is 2. The molecular weight excluding hydrogens is 352 g/mol. The summed E-state index contributed by atoms with van der Waals surface area (Å²) in [6, 6.07) is 14.8. The van der Waals surface area contributed by atoms with Gasteiger partial charge in [0.05, 0.1) is 0 Å². The molecule has 0 saturated carbocycles. The minimum atomic E-state index is -0.576. The zero-order valence-corrected chi connectivity index (χ0v) is 15.7.